The van der Waals surface area contributed by atoms with Gasteiger partial charge in [0.15, 0.2) is 12.1 Å². The molecule has 0 N–H and O–H groups in total. The third-order valence-electron chi connectivity index (χ3n) is 4.65. The summed E-state index contributed by atoms with van der Waals surface area (Å²) in [6.07, 6.45) is 0. The van der Waals surface area contributed by atoms with Gasteiger partial charge < -0.3 is 4.74 Å². The molecule has 2 amide bonds. The summed E-state index contributed by atoms with van der Waals surface area (Å²) in [5.74, 6) is 0.0105. The largest absolute Gasteiger partial charge is 0.497 e. The number of fused-ring (bicyclic) bond motifs is 1. The van der Waals surface area contributed by atoms with Gasteiger partial charge in [-0.2, -0.15) is 5.11 Å². The van der Waals surface area contributed by atoms with Crippen LogP contribution in [-0.2, 0) is 16.1 Å². The fourth-order valence-corrected chi connectivity index (χ4v) is 3.22. The first kappa shape index (κ1) is 16.3. The minimum Gasteiger partial charge on any atom is -0.497 e. The van der Waals surface area contributed by atoms with Crippen molar-refractivity contribution < 1.29 is 14.3 Å². The number of amides is 2. The lowest BCUT2D eigenvalue weighted by Crippen LogP contribution is -2.39. The summed E-state index contributed by atoms with van der Waals surface area (Å²) in [5, 5.41) is 9.71. The monoisotopic (exact) mass is 350 g/mol. The first-order valence-corrected chi connectivity index (χ1v) is 8.33. The predicted octanol–water partition coefficient (Wildman–Crippen LogP) is 2.50. The molecule has 0 aliphatic carbocycles. The smallest absolute Gasteiger partial charge is 0.263 e. The number of ether oxygens (including phenoxy) is 1. The molecule has 7 heteroatoms. The van der Waals surface area contributed by atoms with Crippen molar-refractivity contribution in [3.8, 4) is 5.75 Å². The van der Waals surface area contributed by atoms with E-state index in [1.54, 1.807) is 36.4 Å². The Kier molecular flexibility index (Phi) is 3.91. The molecule has 132 valence electrons. The van der Waals surface area contributed by atoms with Crippen LogP contribution in [0.25, 0.3) is 0 Å². The van der Waals surface area contributed by atoms with E-state index in [9.17, 15) is 9.59 Å². The van der Waals surface area contributed by atoms with Gasteiger partial charge >= 0.3 is 0 Å². The second kappa shape index (κ2) is 6.25. The zero-order chi connectivity index (χ0) is 18.3. The highest BCUT2D eigenvalue weighted by Crippen LogP contribution is 2.33. The Labute approximate surface area is 150 Å². The summed E-state index contributed by atoms with van der Waals surface area (Å²) in [7, 11) is 1.56. The van der Waals surface area contributed by atoms with Crippen molar-refractivity contribution in [1.29, 1.82) is 0 Å². The standard InChI is InChI=1S/C19H18N4O3/c1-12-3-5-13(6-4-12)11-22-17-16(20-21-22)18(24)23(19(17)25)14-7-9-15(26-2)10-8-14/h3-10,16-17H,11H2,1-2H3/t16-,17+/m0/s1. The molecule has 0 unspecified atom stereocenters. The Hall–Kier alpha value is -3.22. The quantitative estimate of drug-likeness (QED) is 0.794. The van der Waals surface area contributed by atoms with E-state index in [4.69, 9.17) is 4.74 Å². The van der Waals surface area contributed by atoms with Crippen molar-refractivity contribution in [3.63, 3.8) is 0 Å². The lowest BCUT2D eigenvalue weighted by atomic mass is 10.1. The van der Waals surface area contributed by atoms with E-state index in [-0.39, 0.29) is 11.8 Å². The molecule has 0 bridgehead atoms. The number of hydrogen-bond acceptors (Lipinski definition) is 6. The molecule has 1 saturated heterocycles. The molecule has 2 aliphatic rings. The summed E-state index contributed by atoms with van der Waals surface area (Å²) in [6.45, 7) is 2.45. The summed E-state index contributed by atoms with van der Waals surface area (Å²) < 4.78 is 5.12. The van der Waals surface area contributed by atoms with Crippen LogP contribution in [0.4, 0.5) is 5.69 Å². The normalized spacial score (nSPS) is 21.5. The van der Waals surface area contributed by atoms with Crippen LogP contribution in [-0.4, -0.2) is 36.0 Å². The van der Waals surface area contributed by atoms with E-state index in [1.807, 2.05) is 31.2 Å². The second-order valence-corrected chi connectivity index (χ2v) is 6.39. The molecule has 26 heavy (non-hydrogen) atoms. The SMILES string of the molecule is COc1ccc(N2C(=O)[C@H]3N=NN(Cc4ccc(C)cc4)[C@H]3C2=O)cc1. The molecule has 7 nitrogen and oxygen atoms in total. The molecule has 1 fully saturated rings. The molecule has 2 heterocycles. The number of methoxy groups -OCH3 is 1. The average Bonchev–Trinajstić information content (AvgIpc) is 3.17. The molecule has 0 saturated carbocycles. The van der Waals surface area contributed by atoms with Crippen molar-refractivity contribution in [3.05, 3.63) is 59.7 Å². The number of anilines is 1. The lowest BCUT2D eigenvalue weighted by molar-refractivity contribution is -0.123. The molecule has 2 aromatic carbocycles. The van der Waals surface area contributed by atoms with Crippen LogP contribution in [0.5, 0.6) is 5.75 Å². The highest BCUT2D eigenvalue weighted by Gasteiger charge is 2.54. The predicted molar refractivity (Wildman–Crippen MR) is 94.6 cm³/mol. The van der Waals surface area contributed by atoms with Gasteiger partial charge in [0.25, 0.3) is 11.8 Å². The molecule has 0 radical (unpaired) electrons. The third-order valence-corrected chi connectivity index (χ3v) is 4.65. The Morgan fingerprint density at radius 1 is 1.00 bits per heavy atom. The van der Waals surface area contributed by atoms with Crippen LogP contribution in [0.1, 0.15) is 11.1 Å². The molecular formula is C19H18N4O3. The maximum Gasteiger partial charge on any atom is 0.263 e. The van der Waals surface area contributed by atoms with E-state index in [1.165, 1.54) is 4.90 Å². The van der Waals surface area contributed by atoms with Gasteiger partial charge in [-0.05, 0) is 36.8 Å². The lowest BCUT2D eigenvalue weighted by Gasteiger charge is -2.20. The molecule has 0 aromatic heterocycles. The summed E-state index contributed by atoms with van der Waals surface area (Å²) >= 11 is 0. The van der Waals surface area contributed by atoms with E-state index >= 15 is 0 Å². The Bertz CT molecular complexity index is 877. The number of imide groups is 1. The fraction of sp³-hybridized carbons (Fsp3) is 0.263. The van der Waals surface area contributed by atoms with E-state index < -0.39 is 12.1 Å². The van der Waals surface area contributed by atoms with Crippen LogP contribution < -0.4 is 9.64 Å². The van der Waals surface area contributed by atoms with Crippen LogP contribution in [0.3, 0.4) is 0 Å². The number of hydrogen-bond donors (Lipinski definition) is 0. The summed E-state index contributed by atoms with van der Waals surface area (Å²) in [6, 6.07) is 13.3. The number of aryl methyl sites for hydroxylation is 1. The topological polar surface area (TPSA) is 74.6 Å². The van der Waals surface area contributed by atoms with Crippen molar-refractivity contribution >= 4 is 17.5 Å². The van der Waals surface area contributed by atoms with Gasteiger partial charge in [0, 0.05) is 0 Å². The average molecular weight is 350 g/mol. The zero-order valence-electron chi connectivity index (χ0n) is 14.5. The van der Waals surface area contributed by atoms with Gasteiger partial charge in [0.1, 0.15) is 5.75 Å². The number of benzene rings is 2. The first-order chi connectivity index (χ1) is 12.6. The molecule has 2 aromatic rings. The summed E-state index contributed by atoms with van der Waals surface area (Å²) in [4.78, 5) is 26.8. The van der Waals surface area contributed by atoms with Gasteiger partial charge in [0.05, 0.1) is 19.3 Å². The molecule has 4 rings (SSSR count). The van der Waals surface area contributed by atoms with Crippen molar-refractivity contribution in [2.24, 2.45) is 10.3 Å². The van der Waals surface area contributed by atoms with Gasteiger partial charge in [-0.3, -0.25) is 14.6 Å². The highest BCUT2D eigenvalue weighted by atomic mass is 16.5. The molecule has 0 spiro atoms. The Morgan fingerprint density at radius 2 is 1.69 bits per heavy atom. The highest BCUT2D eigenvalue weighted by molar-refractivity contribution is 6.25. The maximum atomic E-state index is 12.9. The van der Waals surface area contributed by atoms with Crippen LogP contribution in [0.15, 0.2) is 58.9 Å². The van der Waals surface area contributed by atoms with Gasteiger partial charge in [0.2, 0.25) is 0 Å². The van der Waals surface area contributed by atoms with E-state index in [0.717, 1.165) is 11.1 Å². The number of carbonyl (C=O) groups excluding carboxylic acids is 2. The Balaban J connectivity index is 1.57. The van der Waals surface area contributed by atoms with E-state index in [2.05, 4.69) is 10.3 Å². The zero-order valence-corrected chi connectivity index (χ0v) is 14.5. The number of rotatable bonds is 4. The fourth-order valence-electron chi connectivity index (χ4n) is 3.22. The van der Waals surface area contributed by atoms with Crippen molar-refractivity contribution in [2.45, 2.75) is 25.6 Å². The molecule has 2 atom stereocenters. The van der Waals surface area contributed by atoms with Gasteiger partial charge in [-0.25, -0.2) is 4.90 Å². The van der Waals surface area contributed by atoms with Crippen LogP contribution in [0, 0.1) is 6.92 Å². The summed E-state index contributed by atoms with van der Waals surface area (Å²) in [5.41, 5.74) is 2.69. The van der Waals surface area contributed by atoms with Crippen molar-refractivity contribution in [2.75, 3.05) is 12.0 Å². The molecular weight excluding hydrogens is 332 g/mol. The van der Waals surface area contributed by atoms with Crippen molar-refractivity contribution in [1.82, 2.24) is 5.01 Å². The van der Waals surface area contributed by atoms with Crippen LogP contribution >= 0.6 is 0 Å². The third kappa shape index (κ3) is 2.61. The number of carbonyl (C=O) groups is 2. The first-order valence-electron chi connectivity index (χ1n) is 8.33. The molecule has 2 aliphatic heterocycles. The van der Waals surface area contributed by atoms with Crippen LogP contribution in [0.2, 0.25) is 0 Å². The maximum absolute atomic E-state index is 12.9. The minimum absolute atomic E-state index is 0.303. The van der Waals surface area contributed by atoms with Gasteiger partial charge in [-0.1, -0.05) is 35.1 Å². The Morgan fingerprint density at radius 3 is 2.35 bits per heavy atom. The number of nitrogens with zero attached hydrogens (tertiary/aromatic N) is 4. The second-order valence-electron chi connectivity index (χ2n) is 6.39. The van der Waals surface area contributed by atoms with E-state index in [0.29, 0.717) is 18.0 Å². The van der Waals surface area contributed by atoms with Gasteiger partial charge in [-0.15, -0.1) is 0 Å². The minimum atomic E-state index is -0.782.